The van der Waals surface area contributed by atoms with Crippen molar-refractivity contribution in [2.75, 3.05) is 0 Å². The van der Waals surface area contributed by atoms with E-state index in [0.29, 0.717) is 6.42 Å². The second kappa shape index (κ2) is 10.3. The van der Waals surface area contributed by atoms with Crippen LogP contribution in [-0.2, 0) is 20.9 Å². The van der Waals surface area contributed by atoms with E-state index in [2.05, 4.69) is 21.3 Å². The Balaban J connectivity index is 1.57. The van der Waals surface area contributed by atoms with Gasteiger partial charge in [0.05, 0.1) is 0 Å². The van der Waals surface area contributed by atoms with Crippen LogP contribution in [0.1, 0.15) is 57.9 Å². The van der Waals surface area contributed by atoms with Crippen molar-refractivity contribution in [1.29, 1.82) is 0 Å². The van der Waals surface area contributed by atoms with E-state index in [1.807, 2.05) is 44.2 Å². The number of hydrogen-bond acceptors (Lipinski definition) is 5. The minimum atomic E-state index is -0.817. The molecular formula is C23H32N4O4. The largest absolute Gasteiger partial charge is 0.445 e. The highest BCUT2D eigenvalue weighted by atomic mass is 16.5. The highest BCUT2D eigenvalue weighted by Gasteiger charge is 2.37. The van der Waals surface area contributed by atoms with E-state index in [1.54, 1.807) is 6.20 Å². The van der Waals surface area contributed by atoms with Gasteiger partial charge in [-0.3, -0.25) is 9.59 Å². The maximum Gasteiger partial charge on any atom is 0.408 e. The minimum absolute atomic E-state index is 0.113. The molecule has 1 heterocycles. The molecule has 2 aliphatic rings. The molecule has 1 saturated carbocycles. The van der Waals surface area contributed by atoms with Crippen LogP contribution in [-0.4, -0.2) is 29.6 Å². The first-order valence-corrected chi connectivity index (χ1v) is 11.0. The maximum atomic E-state index is 12.8. The minimum Gasteiger partial charge on any atom is -0.445 e. The molecule has 3 rings (SSSR count). The first kappa shape index (κ1) is 22.7. The standard InChI is InChI=1S/C23H32N4O4/c1-16(2)13-18(26-22(30)31-15-17-9-5-3-6-10-17)20(28)25-19-14-24-23(27-21(19)29)11-7-4-8-12-23/h3,5-6,9-10,14,16,18,24H,4,7-8,11-13,15H2,1-2H3,(H,25,28)(H,26,30)(H,27,29)/t18-/m0/s1. The first-order valence-electron chi connectivity index (χ1n) is 11.0. The van der Waals surface area contributed by atoms with Gasteiger partial charge in [-0.1, -0.05) is 50.6 Å². The molecule has 1 atom stereocenters. The number of ether oxygens (including phenoxy) is 1. The van der Waals surface area contributed by atoms with Crippen LogP contribution in [0.4, 0.5) is 4.79 Å². The third kappa shape index (κ3) is 6.47. The molecule has 8 nitrogen and oxygen atoms in total. The molecule has 0 radical (unpaired) electrons. The highest BCUT2D eigenvalue weighted by Crippen LogP contribution is 2.27. The molecule has 0 aromatic heterocycles. The van der Waals surface area contributed by atoms with Crippen molar-refractivity contribution in [3.63, 3.8) is 0 Å². The van der Waals surface area contributed by atoms with Gasteiger partial charge in [-0.05, 0) is 43.6 Å². The lowest BCUT2D eigenvalue weighted by Gasteiger charge is -2.41. The van der Waals surface area contributed by atoms with E-state index in [-0.39, 0.29) is 24.1 Å². The number of carbonyl (C=O) groups is 3. The van der Waals surface area contributed by atoms with Crippen LogP contribution in [0.2, 0.25) is 0 Å². The molecule has 3 amide bonds. The normalized spacial score (nSPS) is 18.4. The highest BCUT2D eigenvalue weighted by molar-refractivity contribution is 5.99. The summed E-state index contributed by atoms with van der Waals surface area (Å²) < 4.78 is 5.24. The average Bonchev–Trinajstić information content (AvgIpc) is 2.75. The van der Waals surface area contributed by atoms with Gasteiger partial charge in [0.2, 0.25) is 5.91 Å². The SMILES string of the molecule is CC(C)C[C@H](NC(=O)OCc1ccccc1)C(=O)NC1=CNC2(CCCCC2)NC1=O. The van der Waals surface area contributed by atoms with E-state index in [9.17, 15) is 14.4 Å². The van der Waals surface area contributed by atoms with Crippen molar-refractivity contribution in [3.05, 3.63) is 47.8 Å². The Morgan fingerprint density at radius 2 is 1.84 bits per heavy atom. The van der Waals surface area contributed by atoms with Gasteiger partial charge in [0.1, 0.15) is 24.0 Å². The monoisotopic (exact) mass is 428 g/mol. The summed E-state index contributed by atoms with van der Waals surface area (Å²) in [6.45, 7) is 4.03. The van der Waals surface area contributed by atoms with Crippen molar-refractivity contribution in [1.82, 2.24) is 21.3 Å². The van der Waals surface area contributed by atoms with Gasteiger partial charge in [0.15, 0.2) is 0 Å². The molecule has 0 unspecified atom stereocenters. The number of amides is 3. The lowest BCUT2D eigenvalue weighted by Crippen LogP contribution is -2.63. The fourth-order valence-electron chi connectivity index (χ4n) is 3.94. The number of nitrogens with one attached hydrogen (secondary N) is 4. The molecule has 8 heteroatoms. The van der Waals surface area contributed by atoms with E-state index >= 15 is 0 Å². The van der Waals surface area contributed by atoms with Crippen molar-refractivity contribution in [2.24, 2.45) is 5.92 Å². The smallest absolute Gasteiger partial charge is 0.408 e. The van der Waals surface area contributed by atoms with Gasteiger partial charge in [-0.2, -0.15) is 0 Å². The summed E-state index contributed by atoms with van der Waals surface area (Å²) in [6.07, 6.45) is 6.30. The zero-order valence-corrected chi connectivity index (χ0v) is 18.2. The van der Waals surface area contributed by atoms with Gasteiger partial charge in [0.25, 0.3) is 5.91 Å². The number of carbonyl (C=O) groups excluding carboxylic acids is 3. The van der Waals surface area contributed by atoms with Gasteiger partial charge < -0.3 is 26.0 Å². The zero-order chi connectivity index (χ0) is 22.3. The number of benzene rings is 1. The third-order valence-electron chi connectivity index (χ3n) is 5.58. The fourth-order valence-corrected chi connectivity index (χ4v) is 3.94. The molecule has 168 valence electrons. The van der Waals surface area contributed by atoms with Crippen molar-refractivity contribution in [3.8, 4) is 0 Å². The van der Waals surface area contributed by atoms with Gasteiger partial charge in [-0.15, -0.1) is 0 Å². The summed E-state index contributed by atoms with van der Waals surface area (Å²) in [5, 5.41) is 11.5. The fraction of sp³-hybridized carbons (Fsp3) is 0.522. The molecule has 0 bridgehead atoms. The molecule has 1 aromatic rings. The van der Waals surface area contributed by atoms with Crippen molar-refractivity contribution in [2.45, 2.75) is 70.7 Å². The molecule has 1 aliphatic carbocycles. The quantitative estimate of drug-likeness (QED) is 0.534. The maximum absolute atomic E-state index is 12.8. The molecule has 1 aromatic carbocycles. The Hall–Kier alpha value is -3.03. The number of rotatable bonds is 7. The van der Waals surface area contributed by atoms with E-state index in [1.165, 1.54) is 0 Å². The Labute approximate surface area is 183 Å². The number of alkyl carbamates (subject to hydrolysis) is 1. The summed E-state index contributed by atoms with van der Waals surface area (Å²) in [5.74, 6) is -0.611. The summed E-state index contributed by atoms with van der Waals surface area (Å²) >= 11 is 0. The predicted octanol–water partition coefficient (Wildman–Crippen LogP) is 2.66. The van der Waals surface area contributed by atoms with Crippen LogP contribution in [0, 0.1) is 5.92 Å². The Morgan fingerprint density at radius 3 is 2.48 bits per heavy atom. The number of hydrogen-bond donors (Lipinski definition) is 4. The lowest BCUT2D eigenvalue weighted by atomic mass is 9.88. The van der Waals surface area contributed by atoms with E-state index in [0.717, 1.165) is 37.7 Å². The summed E-state index contributed by atoms with van der Waals surface area (Å²) in [4.78, 5) is 37.7. The second-order valence-electron chi connectivity index (χ2n) is 8.68. The van der Waals surface area contributed by atoms with Gasteiger partial charge in [-0.25, -0.2) is 4.79 Å². The van der Waals surface area contributed by atoms with Crippen molar-refractivity contribution < 1.29 is 19.1 Å². The van der Waals surface area contributed by atoms with Gasteiger partial charge >= 0.3 is 6.09 Å². The Morgan fingerprint density at radius 1 is 1.13 bits per heavy atom. The predicted molar refractivity (Wildman–Crippen MR) is 116 cm³/mol. The van der Waals surface area contributed by atoms with Crippen LogP contribution < -0.4 is 21.3 Å². The van der Waals surface area contributed by atoms with Crippen molar-refractivity contribution >= 4 is 17.9 Å². The molecule has 1 aliphatic heterocycles. The van der Waals surface area contributed by atoms with Crippen LogP contribution >= 0.6 is 0 Å². The first-order chi connectivity index (χ1) is 14.9. The third-order valence-corrected chi connectivity index (χ3v) is 5.58. The average molecular weight is 429 g/mol. The summed E-state index contributed by atoms with van der Waals surface area (Å²) in [5.41, 5.74) is 0.587. The molecule has 0 saturated heterocycles. The molecular weight excluding hydrogens is 396 g/mol. The second-order valence-corrected chi connectivity index (χ2v) is 8.68. The summed E-state index contributed by atoms with van der Waals surface area (Å²) in [6, 6.07) is 8.49. The van der Waals surface area contributed by atoms with E-state index < -0.39 is 23.7 Å². The zero-order valence-electron chi connectivity index (χ0n) is 18.2. The van der Waals surface area contributed by atoms with Crippen LogP contribution in [0.15, 0.2) is 42.2 Å². The van der Waals surface area contributed by atoms with Crippen LogP contribution in [0.25, 0.3) is 0 Å². The molecule has 1 spiro atoms. The molecule has 1 fully saturated rings. The lowest BCUT2D eigenvalue weighted by molar-refractivity contribution is -0.126. The molecule has 4 N–H and O–H groups in total. The van der Waals surface area contributed by atoms with Crippen LogP contribution in [0.5, 0.6) is 0 Å². The van der Waals surface area contributed by atoms with E-state index in [4.69, 9.17) is 4.74 Å². The Bertz CT molecular complexity index is 816. The topological polar surface area (TPSA) is 109 Å². The Kier molecular flexibility index (Phi) is 7.55. The molecule has 31 heavy (non-hydrogen) atoms. The van der Waals surface area contributed by atoms with Crippen LogP contribution in [0.3, 0.4) is 0 Å². The van der Waals surface area contributed by atoms with Gasteiger partial charge in [0, 0.05) is 6.20 Å². The summed E-state index contributed by atoms with van der Waals surface area (Å²) in [7, 11) is 0.